The number of carbonyl (C=O) groups excluding carboxylic acids is 2. The minimum absolute atomic E-state index is 0.204. The smallest absolute Gasteiger partial charge is 0.251 e. The van der Waals surface area contributed by atoms with Gasteiger partial charge in [-0.25, -0.2) is 0 Å². The first kappa shape index (κ1) is 11.8. The van der Waals surface area contributed by atoms with E-state index in [1.807, 2.05) is 0 Å². The van der Waals surface area contributed by atoms with Crippen LogP contribution in [-0.2, 0) is 4.79 Å². The maximum absolute atomic E-state index is 11.5. The van der Waals surface area contributed by atoms with Gasteiger partial charge in [0.1, 0.15) is 5.75 Å². The van der Waals surface area contributed by atoms with E-state index >= 15 is 0 Å². The van der Waals surface area contributed by atoms with Gasteiger partial charge in [0.2, 0.25) is 5.91 Å². The molecule has 0 atom stereocenters. The average molecular weight is 223 g/mol. The molecule has 16 heavy (non-hydrogen) atoms. The normalized spacial score (nSPS) is 9.56. The van der Waals surface area contributed by atoms with Gasteiger partial charge in [0, 0.05) is 5.56 Å². The van der Waals surface area contributed by atoms with Gasteiger partial charge in [0.25, 0.3) is 5.91 Å². The van der Waals surface area contributed by atoms with Crippen molar-refractivity contribution in [3.8, 4) is 5.75 Å². The minimum atomic E-state index is -0.602. The Hall–Kier alpha value is -2.24. The van der Waals surface area contributed by atoms with E-state index in [0.29, 0.717) is 17.0 Å². The van der Waals surface area contributed by atoms with Gasteiger partial charge >= 0.3 is 0 Å². The highest BCUT2D eigenvalue weighted by Gasteiger charge is 2.08. The second kappa shape index (κ2) is 5.01. The number of methoxy groups -OCH3 is 1. The maximum atomic E-state index is 11.5. The Balaban J connectivity index is 2.77. The number of hydrogen-bond acceptors (Lipinski definition) is 4. The third-order valence-electron chi connectivity index (χ3n) is 1.92. The molecule has 1 aromatic carbocycles. The summed E-state index contributed by atoms with van der Waals surface area (Å²) >= 11 is 0. The van der Waals surface area contributed by atoms with Crippen LogP contribution in [0.4, 0.5) is 5.69 Å². The Morgan fingerprint density at radius 2 is 2.12 bits per heavy atom. The van der Waals surface area contributed by atoms with Crippen LogP contribution in [0.5, 0.6) is 5.75 Å². The van der Waals surface area contributed by atoms with Crippen LogP contribution < -0.4 is 21.5 Å². The molecule has 0 heterocycles. The van der Waals surface area contributed by atoms with Crippen LogP contribution in [-0.4, -0.2) is 25.5 Å². The summed E-state index contributed by atoms with van der Waals surface area (Å²) in [5, 5.41) is 2.35. The fourth-order valence-electron chi connectivity index (χ4n) is 1.15. The predicted octanol–water partition coefficient (Wildman–Crippen LogP) is -0.507. The SMILES string of the molecule is COc1ccc(C(=O)NCC(N)=O)cc1N. The number of hydrogen-bond donors (Lipinski definition) is 3. The van der Waals surface area contributed by atoms with Gasteiger partial charge in [-0.2, -0.15) is 0 Å². The first-order valence-electron chi connectivity index (χ1n) is 4.54. The lowest BCUT2D eigenvalue weighted by Gasteiger charge is -2.07. The van der Waals surface area contributed by atoms with Crippen molar-refractivity contribution in [3.05, 3.63) is 23.8 Å². The molecule has 2 amide bonds. The topological polar surface area (TPSA) is 107 Å². The van der Waals surface area contributed by atoms with Crippen LogP contribution in [0.2, 0.25) is 0 Å². The molecule has 0 saturated heterocycles. The van der Waals surface area contributed by atoms with Crippen LogP contribution in [0.1, 0.15) is 10.4 Å². The van der Waals surface area contributed by atoms with Gasteiger partial charge in [0.15, 0.2) is 0 Å². The highest BCUT2D eigenvalue weighted by atomic mass is 16.5. The zero-order chi connectivity index (χ0) is 12.1. The summed E-state index contributed by atoms with van der Waals surface area (Å²) in [6.07, 6.45) is 0. The molecular formula is C10H13N3O3. The quantitative estimate of drug-likeness (QED) is 0.597. The molecule has 0 aromatic heterocycles. The molecular weight excluding hydrogens is 210 g/mol. The fourth-order valence-corrected chi connectivity index (χ4v) is 1.15. The van der Waals surface area contributed by atoms with E-state index < -0.39 is 11.8 Å². The molecule has 0 aliphatic heterocycles. The van der Waals surface area contributed by atoms with Crippen molar-refractivity contribution in [2.24, 2.45) is 5.73 Å². The highest BCUT2D eigenvalue weighted by Crippen LogP contribution is 2.21. The van der Waals surface area contributed by atoms with E-state index in [1.165, 1.54) is 13.2 Å². The summed E-state index contributed by atoms with van der Waals surface area (Å²) in [5.41, 5.74) is 11.2. The maximum Gasteiger partial charge on any atom is 0.251 e. The van der Waals surface area contributed by atoms with Crippen molar-refractivity contribution < 1.29 is 14.3 Å². The molecule has 1 rings (SSSR count). The van der Waals surface area contributed by atoms with Gasteiger partial charge < -0.3 is 21.5 Å². The molecule has 0 radical (unpaired) electrons. The molecule has 0 fully saturated rings. The number of benzene rings is 1. The van der Waals surface area contributed by atoms with Gasteiger partial charge in [-0.15, -0.1) is 0 Å². The molecule has 5 N–H and O–H groups in total. The molecule has 1 aromatic rings. The molecule has 0 aliphatic rings. The number of nitrogen functional groups attached to an aromatic ring is 1. The van der Waals surface area contributed by atoms with Crippen molar-refractivity contribution in [1.82, 2.24) is 5.32 Å². The first-order valence-corrected chi connectivity index (χ1v) is 4.54. The van der Waals surface area contributed by atoms with Crippen molar-refractivity contribution in [2.75, 3.05) is 19.4 Å². The summed E-state index contributed by atoms with van der Waals surface area (Å²) in [5.74, 6) is -0.519. The molecule has 0 saturated carbocycles. The summed E-state index contributed by atoms with van der Waals surface area (Å²) in [4.78, 5) is 22.0. The van der Waals surface area contributed by atoms with Gasteiger partial charge in [-0.05, 0) is 18.2 Å². The van der Waals surface area contributed by atoms with E-state index in [0.717, 1.165) is 0 Å². The molecule has 86 valence electrons. The standard InChI is InChI=1S/C10H13N3O3/c1-16-8-3-2-6(4-7(8)11)10(15)13-5-9(12)14/h2-4H,5,11H2,1H3,(H2,12,14)(H,13,15). The van der Waals surface area contributed by atoms with E-state index in [9.17, 15) is 9.59 Å². The van der Waals surface area contributed by atoms with Crippen molar-refractivity contribution in [1.29, 1.82) is 0 Å². The third-order valence-corrected chi connectivity index (χ3v) is 1.92. The number of anilines is 1. The van der Waals surface area contributed by atoms with Crippen LogP contribution in [0.15, 0.2) is 18.2 Å². The van der Waals surface area contributed by atoms with Crippen LogP contribution in [0, 0.1) is 0 Å². The van der Waals surface area contributed by atoms with Crippen LogP contribution >= 0.6 is 0 Å². The number of primary amides is 1. The summed E-state index contributed by atoms with van der Waals surface area (Å²) in [7, 11) is 1.48. The number of nitrogens with two attached hydrogens (primary N) is 2. The molecule has 6 nitrogen and oxygen atoms in total. The Labute approximate surface area is 92.6 Å². The van der Waals surface area contributed by atoms with Crippen molar-refractivity contribution >= 4 is 17.5 Å². The van der Waals surface area contributed by atoms with Crippen molar-refractivity contribution in [3.63, 3.8) is 0 Å². The highest BCUT2D eigenvalue weighted by molar-refractivity contribution is 5.97. The number of carbonyl (C=O) groups is 2. The Morgan fingerprint density at radius 1 is 1.44 bits per heavy atom. The number of nitrogens with one attached hydrogen (secondary N) is 1. The molecule has 0 bridgehead atoms. The lowest BCUT2D eigenvalue weighted by atomic mass is 10.2. The van der Waals surface area contributed by atoms with E-state index in [2.05, 4.69) is 5.32 Å². The number of rotatable bonds is 4. The lowest BCUT2D eigenvalue weighted by Crippen LogP contribution is -2.33. The lowest BCUT2D eigenvalue weighted by molar-refractivity contribution is -0.117. The number of ether oxygens (including phenoxy) is 1. The molecule has 0 unspecified atom stereocenters. The van der Waals surface area contributed by atoms with Gasteiger partial charge in [-0.3, -0.25) is 9.59 Å². The zero-order valence-electron chi connectivity index (χ0n) is 8.82. The Morgan fingerprint density at radius 3 is 2.62 bits per heavy atom. The Bertz CT molecular complexity index is 418. The minimum Gasteiger partial charge on any atom is -0.495 e. The second-order valence-corrected chi connectivity index (χ2v) is 3.11. The van der Waals surface area contributed by atoms with E-state index in [4.69, 9.17) is 16.2 Å². The largest absolute Gasteiger partial charge is 0.495 e. The second-order valence-electron chi connectivity index (χ2n) is 3.11. The van der Waals surface area contributed by atoms with Gasteiger partial charge in [-0.1, -0.05) is 0 Å². The zero-order valence-corrected chi connectivity index (χ0v) is 8.82. The predicted molar refractivity (Wildman–Crippen MR) is 58.9 cm³/mol. The number of amides is 2. The monoisotopic (exact) mass is 223 g/mol. The molecule has 6 heteroatoms. The van der Waals surface area contributed by atoms with E-state index in [1.54, 1.807) is 12.1 Å². The fraction of sp³-hybridized carbons (Fsp3) is 0.200. The molecule has 0 aliphatic carbocycles. The summed E-state index contributed by atoms with van der Waals surface area (Å²) < 4.78 is 4.95. The van der Waals surface area contributed by atoms with E-state index in [-0.39, 0.29) is 6.54 Å². The third kappa shape index (κ3) is 2.88. The summed E-state index contributed by atoms with van der Waals surface area (Å²) in [6, 6.07) is 4.59. The van der Waals surface area contributed by atoms with Crippen LogP contribution in [0.3, 0.4) is 0 Å². The average Bonchev–Trinajstić information content (AvgIpc) is 2.25. The molecule has 0 spiro atoms. The summed E-state index contributed by atoms with van der Waals surface area (Å²) in [6.45, 7) is -0.204. The van der Waals surface area contributed by atoms with Crippen LogP contribution in [0.25, 0.3) is 0 Å². The van der Waals surface area contributed by atoms with Gasteiger partial charge in [0.05, 0.1) is 19.3 Å². The Kier molecular flexibility index (Phi) is 3.71. The van der Waals surface area contributed by atoms with Crippen molar-refractivity contribution in [2.45, 2.75) is 0 Å². The first-order chi connectivity index (χ1) is 7.54.